The average Bonchev–Trinajstić information content (AvgIpc) is 2.43. The molecule has 0 saturated heterocycles. The van der Waals surface area contributed by atoms with E-state index >= 15 is 0 Å². The van der Waals surface area contributed by atoms with Crippen LogP contribution in [0.5, 0.6) is 5.75 Å². The highest BCUT2D eigenvalue weighted by Crippen LogP contribution is 2.16. The number of carbonyl (C=O) groups excluding carboxylic acids is 2. The molecule has 0 heterocycles. The third kappa shape index (κ3) is 4.47. The topological polar surface area (TPSA) is 84.9 Å². The summed E-state index contributed by atoms with van der Waals surface area (Å²) in [5, 5.41) is 10.0. The van der Waals surface area contributed by atoms with E-state index in [0.717, 1.165) is 0 Å². The van der Waals surface area contributed by atoms with E-state index in [0.29, 0.717) is 5.75 Å². The van der Waals surface area contributed by atoms with E-state index in [-0.39, 0.29) is 12.4 Å². The van der Waals surface area contributed by atoms with Crippen molar-refractivity contribution in [2.45, 2.75) is 5.92 Å². The van der Waals surface area contributed by atoms with E-state index in [1.54, 1.807) is 0 Å². The Hall–Kier alpha value is -2.22. The maximum absolute atomic E-state index is 12.7. The Labute approximate surface area is 112 Å². The highest BCUT2D eigenvalue weighted by molar-refractivity contribution is 5.89. The predicted octanol–water partition coefficient (Wildman–Crippen LogP) is 0.211. The molecule has 6 nitrogen and oxygen atoms in total. The van der Waals surface area contributed by atoms with Crippen LogP contribution in [0.2, 0.25) is 0 Å². The number of halogens is 2. The molecule has 20 heavy (non-hydrogen) atoms. The minimum absolute atomic E-state index is 0.0155. The fraction of sp³-hybridized carbons (Fsp3) is 0.333. The van der Waals surface area contributed by atoms with Gasteiger partial charge in [0.05, 0.1) is 5.56 Å². The predicted molar refractivity (Wildman–Crippen MR) is 59.2 cm³/mol. The average molecular weight is 289 g/mol. The quantitative estimate of drug-likeness (QED) is 0.527. The summed E-state index contributed by atoms with van der Waals surface area (Å²) in [6.07, 6.45) is 0. The van der Waals surface area contributed by atoms with Gasteiger partial charge >= 0.3 is 11.9 Å². The molecular weight excluding hydrogens is 278 g/mol. The van der Waals surface area contributed by atoms with Crippen LogP contribution in [0, 0.1) is 0 Å². The molecule has 0 amide bonds. The smallest absolute Gasteiger partial charge is 0.338 e. The summed E-state index contributed by atoms with van der Waals surface area (Å²) in [6.45, 7) is -1.57. The molecule has 0 aliphatic heterocycles. The van der Waals surface area contributed by atoms with Crippen LogP contribution in [0.4, 0.5) is 8.78 Å². The molecule has 0 unspecified atom stereocenters. The number of alkyl halides is 2. The second-order valence-corrected chi connectivity index (χ2v) is 3.64. The van der Waals surface area contributed by atoms with Gasteiger partial charge in [0.1, 0.15) is 11.7 Å². The number of carboxylic acids is 1. The number of hydrogen-bond acceptors (Lipinski definition) is 6. The van der Waals surface area contributed by atoms with Gasteiger partial charge in [-0.3, -0.25) is 0 Å². The van der Waals surface area contributed by atoms with Gasteiger partial charge in [0.2, 0.25) is 0 Å². The Morgan fingerprint density at radius 2 is 1.85 bits per heavy atom. The van der Waals surface area contributed by atoms with E-state index in [9.17, 15) is 23.5 Å². The highest BCUT2D eigenvalue weighted by Gasteiger charge is 2.33. The van der Waals surface area contributed by atoms with Crippen molar-refractivity contribution >= 4 is 11.9 Å². The molecule has 1 aromatic rings. The van der Waals surface area contributed by atoms with Crippen molar-refractivity contribution in [2.75, 3.05) is 20.5 Å². The van der Waals surface area contributed by atoms with Crippen molar-refractivity contribution in [2.24, 2.45) is 0 Å². The number of rotatable bonds is 7. The Balaban J connectivity index is 2.58. The van der Waals surface area contributed by atoms with E-state index in [2.05, 4.69) is 9.47 Å². The minimum atomic E-state index is -4.23. The SMILES string of the molecule is COCOc1ccc(C(=O)OCC(F)(F)C(=O)[O-])cc1. The molecule has 0 saturated carbocycles. The lowest BCUT2D eigenvalue weighted by Crippen LogP contribution is -2.45. The zero-order valence-electron chi connectivity index (χ0n) is 10.4. The molecule has 8 heteroatoms. The molecule has 1 rings (SSSR count). The van der Waals surface area contributed by atoms with Gasteiger partial charge in [0.15, 0.2) is 13.4 Å². The molecule has 0 N–H and O–H groups in total. The van der Waals surface area contributed by atoms with Crippen LogP contribution in [0.3, 0.4) is 0 Å². The number of benzene rings is 1. The zero-order valence-corrected chi connectivity index (χ0v) is 10.4. The molecule has 0 aliphatic rings. The van der Waals surface area contributed by atoms with Crippen LogP contribution >= 0.6 is 0 Å². The van der Waals surface area contributed by atoms with Gasteiger partial charge in [0.25, 0.3) is 0 Å². The van der Waals surface area contributed by atoms with Gasteiger partial charge < -0.3 is 24.1 Å². The van der Waals surface area contributed by atoms with Crippen LogP contribution in [0.25, 0.3) is 0 Å². The number of esters is 1. The van der Waals surface area contributed by atoms with Gasteiger partial charge in [-0.2, -0.15) is 8.78 Å². The molecule has 0 spiro atoms. The molecule has 0 atom stereocenters. The molecule has 0 aromatic heterocycles. The molecule has 1 aromatic carbocycles. The summed E-state index contributed by atoms with van der Waals surface area (Å²) < 4.78 is 39.2. The van der Waals surface area contributed by atoms with Gasteiger partial charge in [-0.05, 0) is 24.3 Å². The Morgan fingerprint density at radius 3 is 2.35 bits per heavy atom. The second-order valence-electron chi connectivity index (χ2n) is 3.64. The Morgan fingerprint density at radius 1 is 1.25 bits per heavy atom. The largest absolute Gasteiger partial charge is 0.544 e. The van der Waals surface area contributed by atoms with Crippen LogP contribution in [0.15, 0.2) is 24.3 Å². The van der Waals surface area contributed by atoms with Crippen LogP contribution in [-0.4, -0.2) is 38.4 Å². The summed E-state index contributed by atoms with van der Waals surface area (Å²) in [4.78, 5) is 21.4. The van der Waals surface area contributed by atoms with Gasteiger partial charge in [-0.25, -0.2) is 4.79 Å². The first-order valence-electron chi connectivity index (χ1n) is 5.35. The van der Waals surface area contributed by atoms with Crippen molar-refractivity contribution in [3.05, 3.63) is 29.8 Å². The number of carbonyl (C=O) groups is 2. The third-order valence-corrected chi connectivity index (χ3v) is 2.12. The second kappa shape index (κ2) is 6.80. The van der Waals surface area contributed by atoms with Crippen molar-refractivity contribution in [1.29, 1.82) is 0 Å². The number of ether oxygens (including phenoxy) is 3. The zero-order chi connectivity index (χ0) is 15.2. The maximum atomic E-state index is 12.7. The summed E-state index contributed by atoms with van der Waals surface area (Å²) in [5.41, 5.74) is -0.0242. The molecule has 0 bridgehead atoms. The van der Waals surface area contributed by atoms with Crippen molar-refractivity contribution in [1.82, 2.24) is 0 Å². The summed E-state index contributed by atoms with van der Waals surface area (Å²) >= 11 is 0. The molecular formula is C12H11F2O6-. The first kappa shape index (κ1) is 15.8. The summed E-state index contributed by atoms with van der Waals surface area (Å²) in [5.74, 6) is -7.50. The van der Waals surface area contributed by atoms with E-state index in [4.69, 9.17) is 4.74 Å². The lowest BCUT2D eigenvalue weighted by molar-refractivity contribution is -0.331. The maximum Gasteiger partial charge on any atom is 0.338 e. The standard InChI is InChI=1S/C12H12F2O6/c1-18-7-20-9-4-2-8(3-5-9)10(15)19-6-12(13,14)11(16)17/h2-5H,6-7H2,1H3,(H,16,17)/p-1. The van der Waals surface area contributed by atoms with Crippen LogP contribution in [-0.2, 0) is 14.3 Å². The number of carboxylic acid groups (broad SMARTS) is 1. The Kier molecular flexibility index (Phi) is 5.39. The molecule has 0 fully saturated rings. The first-order valence-corrected chi connectivity index (χ1v) is 5.35. The van der Waals surface area contributed by atoms with Crippen molar-refractivity contribution in [3.8, 4) is 5.75 Å². The summed E-state index contributed by atoms with van der Waals surface area (Å²) in [6, 6.07) is 5.38. The van der Waals surface area contributed by atoms with Crippen LogP contribution < -0.4 is 9.84 Å². The van der Waals surface area contributed by atoms with Crippen molar-refractivity contribution in [3.63, 3.8) is 0 Å². The van der Waals surface area contributed by atoms with Gasteiger partial charge in [-0.15, -0.1) is 0 Å². The molecule has 110 valence electrons. The first-order chi connectivity index (χ1) is 9.36. The monoisotopic (exact) mass is 289 g/mol. The fourth-order valence-electron chi connectivity index (χ4n) is 1.11. The number of methoxy groups -OCH3 is 1. The number of hydrogen-bond donors (Lipinski definition) is 0. The Bertz CT molecular complexity index is 471. The highest BCUT2D eigenvalue weighted by atomic mass is 19.3. The van der Waals surface area contributed by atoms with Gasteiger partial charge in [0, 0.05) is 7.11 Å². The van der Waals surface area contributed by atoms with E-state index in [1.807, 2.05) is 0 Å². The normalized spacial score (nSPS) is 10.9. The lowest BCUT2D eigenvalue weighted by atomic mass is 10.2. The van der Waals surface area contributed by atoms with Gasteiger partial charge in [-0.1, -0.05) is 0 Å². The molecule has 0 radical (unpaired) electrons. The van der Waals surface area contributed by atoms with E-state index < -0.39 is 24.5 Å². The van der Waals surface area contributed by atoms with E-state index in [1.165, 1.54) is 31.4 Å². The lowest BCUT2D eigenvalue weighted by Gasteiger charge is -2.16. The molecule has 0 aliphatic carbocycles. The van der Waals surface area contributed by atoms with Crippen LogP contribution in [0.1, 0.15) is 10.4 Å². The summed E-state index contributed by atoms with van der Waals surface area (Å²) in [7, 11) is 1.43. The fourth-order valence-corrected chi connectivity index (χ4v) is 1.11. The minimum Gasteiger partial charge on any atom is -0.544 e. The van der Waals surface area contributed by atoms with Crippen molar-refractivity contribution < 1.29 is 37.7 Å². The third-order valence-electron chi connectivity index (χ3n) is 2.12. The number of aliphatic carboxylic acids is 1.